The summed E-state index contributed by atoms with van der Waals surface area (Å²) >= 11 is 0. The molecule has 3 rings (SSSR count). The minimum absolute atomic E-state index is 0.106. The smallest absolute Gasteiger partial charge is 0.273 e. The summed E-state index contributed by atoms with van der Waals surface area (Å²) in [5.41, 5.74) is 3.63. The maximum Gasteiger partial charge on any atom is 0.273 e. The van der Waals surface area contributed by atoms with Gasteiger partial charge in [-0.25, -0.2) is 4.68 Å². The minimum Gasteiger partial charge on any atom is -0.350 e. The molecule has 1 aromatic carbocycles. The van der Waals surface area contributed by atoms with Gasteiger partial charge in [0.2, 0.25) is 0 Å². The molecule has 1 aromatic heterocycles. The van der Waals surface area contributed by atoms with Gasteiger partial charge in [0.05, 0.1) is 11.4 Å². The Balaban J connectivity index is 1.83. The summed E-state index contributed by atoms with van der Waals surface area (Å²) in [6, 6.07) is 8.35. The summed E-state index contributed by atoms with van der Waals surface area (Å²) in [6.07, 6.45) is 1.70. The second-order valence-electron chi connectivity index (χ2n) is 8.08. The van der Waals surface area contributed by atoms with Crippen LogP contribution in [0, 0.1) is 5.92 Å². The number of nitrogens with zero attached hydrogens (tertiary/aromatic N) is 3. The second-order valence-corrected chi connectivity index (χ2v) is 8.08. The van der Waals surface area contributed by atoms with Crippen molar-refractivity contribution in [2.24, 2.45) is 5.92 Å². The first-order chi connectivity index (χ1) is 12.4. The average molecular weight is 355 g/mol. The quantitative estimate of drug-likeness (QED) is 0.835. The average Bonchev–Trinajstić information content (AvgIpc) is 2.97. The number of carbonyl (C=O) groups excluding carboxylic acids is 1. The molecule has 0 bridgehead atoms. The van der Waals surface area contributed by atoms with Gasteiger partial charge in [0.1, 0.15) is 0 Å². The first kappa shape index (κ1) is 18.6. The second kappa shape index (κ2) is 7.58. The maximum absolute atomic E-state index is 12.6. The minimum atomic E-state index is -0.127. The zero-order valence-corrected chi connectivity index (χ0v) is 16.2. The molecule has 0 radical (unpaired) electrons. The fraction of sp³-hybridized carbons (Fsp3) is 0.550. The predicted molar refractivity (Wildman–Crippen MR) is 103 cm³/mol. The maximum atomic E-state index is 12.6. The van der Waals surface area contributed by atoms with Gasteiger partial charge >= 0.3 is 0 Å². The van der Waals surface area contributed by atoms with Gasteiger partial charge in [0.15, 0.2) is 5.69 Å². The third kappa shape index (κ3) is 3.96. The molecule has 0 aliphatic carbocycles. The number of carbonyl (C=O) groups is 1. The number of aromatic nitrogens is 3. The standard InChI is InChI=1S/C20H29N5O/c1-5-6-17-18(19(26)22-13-14-11-21-12-14)23-24-25(17)16-9-7-15(8-10-16)20(2,3)4/h7-10,14,21H,5-6,11-13H2,1-4H3,(H,22,26). The van der Waals surface area contributed by atoms with Gasteiger partial charge in [-0.2, -0.15) is 0 Å². The fourth-order valence-electron chi connectivity index (χ4n) is 3.06. The molecule has 6 heteroatoms. The van der Waals surface area contributed by atoms with Gasteiger partial charge in [-0.05, 0) is 29.5 Å². The molecule has 1 amide bonds. The van der Waals surface area contributed by atoms with Gasteiger partial charge < -0.3 is 10.6 Å². The Kier molecular flexibility index (Phi) is 5.41. The lowest BCUT2D eigenvalue weighted by Crippen LogP contribution is -2.48. The van der Waals surface area contributed by atoms with Gasteiger partial charge in [-0.3, -0.25) is 4.79 Å². The van der Waals surface area contributed by atoms with E-state index in [0.717, 1.165) is 37.3 Å². The van der Waals surface area contributed by atoms with E-state index in [1.54, 1.807) is 4.68 Å². The Hall–Kier alpha value is -2.21. The van der Waals surface area contributed by atoms with E-state index in [0.29, 0.717) is 18.2 Å². The van der Waals surface area contributed by atoms with Crippen molar-refractivity contribution < 1.29 is 4.79 Å². The van der Waals surface area contributed by atoms with Gasteiger partial charge in [-0.15, -0.1) is 5.10 Å². The lowest BCUT2D eigenvalue weighted by Gasteiger charge is -2.26. The molecular weight excluding hydrogens is 326 g/mol. The molecule has 0 atom stereocenters. The van der Waals surface area contributed by atoms with Crippen LogP contribution >= 0.6 is 0 Å². The zero-order valence-electron chi connectivity index (χ0n) is 16.2. The normalized spacial score (nSPS) is 14.9. The first-order valence-corrected chi connectivity index (χ1v) is 9.44. The summed E-state index contributed by atoms with van der Waals surface area (Å²) in [7, 11) is 0. The predicted octanol–water partition coefficient (Wildman–Crippen LogP) is 2.47. The van der Waals surface area contributed by atoms with Gasteiger partial charge in [0, 0.05) is 25.6 Å². The van der Waals surface area contributed by atoms with Crippen molar-refractivity contribution in [3.05, 3.63) is 41.2 Å². The molecule has 2 heterocycles. The summed E-state index contributed by atoms with van der Waals surface area (Å²) in [6.45, 7) is 11.3. The van der Waals surface area contributed by atoms with E-state index in [1.807, 2.05) is 0 Å². The number of nitrogens with one attached hydrogen (secondary N) is 2. The summed E-state index contributed by atoms with van der Waals surface area (Å²) < 4.78 is 1.80. The van der Waals surface area contributed by atoms with E-state index < -0.39 is 0 Å². The van der Waals surface area contributed by atoms with Crippen LogP contribution in [0.15, 0.2) is 24.3 Å². The largest absolute Gasteiger partial charge is 0.350 e. The number of hydrogen-bond donors (Lipinski definition) is 2. The molecule has 6 nitrogen and oxygen atoms in total. The summed E-state index contributed by atoms with van der Waals surface area (Å²) in [5.74, 6) is 0.395. The van der Waals surface area contributed by atoms with E-state index in [4.69, 9.17) is 0 Å². The molecular formula is C20H29N5O. The highest BCUT2D eigenvalue weighted by atomic mass is 16.2. The molecule has 1 aliphatic heterocycles. The summed E-state index contributed by atoms with van der Waals surface area (Å²) in [5, 5.41) is 14.7. The number of rotatable bonds is 6. The number of hydrogen-bond acceptors (Lipinski definition) is 4. The van der Waals surface area contributed by atoms with Crippen molar-refractivity contribution in [3.63, 3.8) is 0 Å². The van der Waals surface area contributed by atoms with Crippen LogP contribution in [0.5, 0.6) is 0 Å². The highest BCUT2D eigenvalue weighted by molar-refractivity contribution is 5.93. The number of amides is 1. The molecule has 0 saturated carbocycles. The van der Waals surface area contributed by atoms with Crippen LogP contribution in [-0.2, 0) is 11.8 Å². The first-order valence-electron chi connectivity index (χ1n) is 9.44. The van der Waals surface area contributed by atoms with Crippen LogP contribution in [-0.4, -0.2) is 40.5 Å². The van der Waals surface area contributed by atoms with Crippen molar-refractivity contribution in [1.29, 1.82) is 0 Å². The highest BCUT2D eigenvalue weighted by Gasteiger charge is 2.23. The van der Waals surface area contributed by atoms with Crippen LogP contribution < -0.4 is 10.6 Å². The van der Waals surface area contributed by atoms with Crippen LogP contribution in [0.2, 0.25) is 0 Å². The topological polar surface area (TPSA) is 71.8 Å². The lowest BCUT2D eigenvalue weighted by atomic mass is 9.87. The van der Waals surface area contributed by atoms with Crippen molar-refractivity contribution in [3.8, 4) is 5.69 Å². The Morgan fingerprint density at radius 3 is 2.50 bits per heavy atom. The molecule has 1 aliphatic rings. The van der Waals surface area contributed by atoms with E-state index in [-0.39, 0.29) is 11.3 Å². The third-order valence-electron chi connectivity index (χ3n) is 4.86. The van der Waals surface area contributed by atoms with Crippen molar-refractivity contribution in [1.82, 2.24) is 25.6 Å². The Morgan fingerprint density at radius 2 is 1.96 bits per heavy atom. The van der Waals surface area contributed by atoms with Crippen LogP contribution in [0.3, 0.4) is 0 Å². The van der Waals surface area contributed by atoms with Crippen molar-refractivity contribution in [2.45, 2.75) is 46.0 Å². The van der Waals surface area contributed by atoms with Gasteiger partial charge in [-0.1, -0.05) is 51.5 Å². The van der Waals surface area contributed by atoms with E-state index in [2.05, 4.69) is 72.9 Å². The molecule has 0 unspecified atom stereocenters. The SMILES string of the molecule is CCCc1c(C(=O)NCC2CNC2)nnn1-c1ccc(C(C)(C)C)cc1. The number of benzene rings is 1. The van der Waals surface area contributed by atoms with Crippen LogP contribution in [0.4, 0.5) is 0 Å². The lowest BCUT2D eigenvalue weighted by molar-refractivity contribution is 0.0936. The Morgan fingerprint density at radius 1 is 1.27 bits per heavy atom. The third-order valence-corrected chi connectivity index (χ3v) is 4.86. The molecule has 140 valence electrons. The van der Waals surface area contributed by atoms with Crippen molar-refractivity contribution in [2.75, 3.05) is 19.6 Å². The Labute approximate surface area is 155 Å². The van der Waals surface area contributed by atoms with Crippen LogP contribution in [0.1, 0.15) is 55.9 Å². The monoisotopic (exact) mass is 355 g/mol. The van der Waals surface area contributed by atoms with Crippen LogP contribution in [0.25, 0.3) is 5.69 Å². The van der Waals surface area contributed by atoms with Gasteiger partial charge in [0.25, 0.3) is 5.91 Å². The molecule has 26 heavy (non-hydrogen) atoms. The van der Waals surface area contributed by atoms with Crippen molar-refractivity contribution >= 4 is 5.91 Å². The zero-order chi connectivity index (χ0) is 18.7. The molecule has 0 spiro atoms. The molecule has 2 aromatic rings. The Bertz CT molecular complexity index is 753. The molecule has 2 N–H and O–H groups in total. The van der Waals surface area contributed by atoms with E-state index in [1.165, 1.54) is 5.56 Å². The summed E-state index contributed by atoms with van der Waals surface area (Å²) in [4.78, 5) is 12.6. The highest BCUT2D eigenvalue weighted by Crippen LogP contribution is 2.24. The molecule has 1 saturated heterocycles. The van der Waals surface area contributed by atoms with E-state index in [9.17, 15) is 4.79 Å². The van der Waals surface area contributed by atoms with E-state index >= 15 is 0 Å². The fourth-order valence-corrected chi connectivity index (χ4v) is 3.06. The molecule has 1 fully saturated rings.